The summed E-state index contributed by atoms with van der Waals surface area (Å²) >= 11 is 0. The van der Waals surface area contributed by atoms with Crippen molar-refractivity contribution in [1.82, 2.24) is 4.57 Å². The topological polar surface area (TPSA) is 39.0 Å². The average Bonchev–Trinajstić information content (AvgIpc) is 4.01. The van der Waals surface area contributed by atoms with E-state index >= 15 is 0 Å². The number of imidazole rings is 1. The first kappa shape index (κ1) is 30.6. The Labute approximate surface area is 322 Å². The third-order valence-electron chi connectivity index (χ3n) is 12.6. The summed E-state index contributed by atoms with van der Waals surface area (Å²) in [6.45, 7) is 7.32. The normalized spacial score (nSPS) is 15.8. The van der Waals surface area contributed by atoms with Crippen LogP contribution in [0.2, 0.25) is 19.6 Å². The van der Waals surface area contributed by atoms with Crippen molar-refractivity contribution >= 4 is 78.9 Å². The van der Waals surface area contributed by atoms with Crippen molar-refractivity contribution < 1.29 is 18.0 Å². The zero-order chi connectivity index (χ0) is 37.1. The Bertz CT molecular complexity index is 3540. The Balaban J connectivity index is 1.31. The minimum absolute atomic E-state index is 0.757. The van der Waals surface area contributed by atoms with Gasteiger partial charge in [0.2, 0.25) is 5.69 Å². The lowest BCUT2D eigenvalue weighted by molar-refractivity contribution is -0.944. The molecule has 0 saturated heterocycles. The number of nitrogens with zero attached hydrogens (tertiary/aromatic N) is 3. The molecule has 4 aromatic heterocycles. The molecule has 6 heteroatoms. The number of fused-ring (bicyclic) bond motifs is 20. The Hall–Kier alpha value is -6.76. The molecule has 1 atom stereocenters. The van der Waals surface area contributed by atoms with Crippen molar-refractivity contribution in [2.45, 2.75) is 25.3 Å². The SMILES string of the molecule is C[Si](C)(C)c1ccc2[n+](c1)C1(c3ccccc3-2)c2ccc3c(oc4ccccc43)c2-c2n(-c3cccc4c3oc3ccccc34)c3cc4ccccc4cc3[n+]21. The molecule has 6 heterocycles. The maximum atomic E-state index is 7.06. The van der Waals surface area contributed by atoms with Gasteiger partial charge in [0.15, 0.2) is 34.1 Å². The van der Waals surface area contributed by atoms with Gasteiger partial charge in [-0.05, 0) is 65.4 Å². The number of rotatable bonds is 2. The van der Waals surface area contributed by atoms with Crippen molar-refractivity contribution in [1.29, 1.82) is 0 Å². The van der Waals surface area contributed by atoms with E-state index in [9.17, 15) is 0 Å². The van der Waals surface area contributed by atoms with Crippen LogP contribution in [0.1, 0.15) is 11.1 Å². The Morgan fingerprint density at radius 3 is 2.02 bits per heavy atom. The molecule has 13 rings (SSSR count). The quantitative estimate of drug-likeness (QED) is 0.131. The lowest BCUT2D eigenvalue weighted by atomic mass is 9.88. The van der Waals surface area contributed by atoms with Gasteiger partial charge in [0.1, 0.15) is 16.7 Å². The van der Waals surface area contributed by atoms with Crippen molar-refractivity contribution in [3.63, 3.8) is 0 Å². The van der Waals surface area contributed by atoms with E-state index in [4.69, 9.17) is 8.83 Å². The monoisotopic (exact) mass is 737 g/mol. The molecule has 11 aromatic rings. The van der Waals surface area contributed by atoms with Crippen molar-refractivity contribution in [2.75, 3.05) is 0 Å². The third-order valence-corrected chi connectivity index (χ3v) is 14.6. The summed E-state index contributed by atoms with van der Waals surface area (Å²) in [5, 5.41) is 8.23. The first-order valence-corrected chi connectivity index (χ1v) is 22.9. The Morgan fingerprint density at radius 1 is 0.571 bits per heavy atom. The van der Waals surface area contributed by atoms with Crippen LogP contribution < -0.4 is 14.3 Å². The number of para-hydroxylation sites is 3. The van der Waals surface area contributed by atoms with Crippen LogP contribution >= 0.6 is 0 Å². The molecule has 0 N–H and O–H groups in total. The van der Waals surface area contributed by atoms with E-state index in [1.807, 2.05) is 6.07 Å². The Kier molecular flexibility index (Phi) is 5.62. The van der Waals surface area contributed by atoms with E-state index in [0.717, 1.165) is 72.0 Å². The molecule has 2 aliphatic rings. The van der Waals surface area contributed by atoms with Gasteiger partial charge < -0.3 is 8.83 Å². The third kappa shape index (κ3) is 3.61. The first-order valence-electron chi connectivity index (χ1n) is 19.4. The van der Waals surface area contributed by atoms with Gasteiger partial charge in [0.25, 0.3) is 0 Å². The maximum Gasteiger partial charge on any atom is 0.364 e. The summed E-state index contributed by atoms with van der Waals surface area (Å²) < 4.78 is 21.6. The molecule has 0 bridgehead atoms. The number of hydrogen-bond acceptors (Lipinski definition) is 2. The van der Waals surface area contributed by atoms with Crippen LogP contribution in [-0.2, 0) is 5.66 Å². The summed E-state index contributed by atoms with van der Waals surface area (Å²) in [7, 11) is -1.75. The van der Waals surface area contributed by atoms with Crippen LogP contribution in [0.25, 0.3) is 94.0 Å². The van der Waals surface area contributed by atoms with Crippen LogP contribution in [-0.4, -0.2) is 12.6 Å². The molecule has 0 fully saturated rings. The van der Waals surface area contributed by atoms with Gasteiger partial charge in [0, 0.05) is 32.8 Å². The lowest BCUT2D eigenvalue weighted by Gasteiger charge is -2.22. The lowest BCUT2D eigenvalue weighted by Crippen LogP contribution is -2.72. The highest BCUT2D eigenvalue weighted by molar-refractivity contribution is 6.88. The molecular weight excluding hydrogens is 703 g/mol. The molecule has 0 amide bonds. The summed E-state index contributed by atoms with van der Waals surface area (Å²) in [5.41, 5.74) is 12.0. The molecule has 0 radical (unpaired) electrons. The molecule has 5 nitrogen and oxygen atoms in total. The molecule has 1 spiro atoms. The van der Waals surface area contributed by atoms with Gasteiger partial charge in [-0.3, -0.25) is 0 Å². The highest BCUT2D eigenvalue weighted by atomic mass is 28.3. The number of hydrogen-bond donors (Lipinski definition) is 0. The molecule has 1 unspecified atom stereocenters. The van der Waals surface area contributed by atoms with Gasteiger partial charge in [-0.15, -0.1) is 9.13 Å². The van der Waals surface area contributed by atoms with E-state index in [1.165, 1.54) is 38.3 Å². The van der Waals surface area contributed by atoms with Crippen LogP contribution in [0.15, 0.2) is 167 Å². The fraction of sp³-hybridized carbons (Fsp3) is 0.0800. The molecule has 0 saturated carbocycles. The molecule has 264 valence electrons. The van der Waals surface area contributed by atoms with E-state index in [2.05, 4.69) is 185 Å². The van der Waals surface area contributed by atoms with Crippen LogP contribution in [0.5, 0.6) is 0 Å². The van der Waals surface area contributed by atoms with E-state index < -0.39 is 13.7 Å². The zero-order valence-electron chi connectivity index (χ0n) is 31.2. The maximum absolute atomic E-state index is 7.06. The largest absolute Gasteiger partial charge is 0.455 e. The summed E-state index contributed by atoms with van der Waals surface area (Å²) in [6, 6.07) is 55.3. The second-order valence-corrected chi connectivity index (χ2v) is 21.6. The summed E-state index contributed by atoms with van der Waals surface area (Å²) in [5.74, 6) is 1.07. The summed E-state index contributed by atoms with van der Waals surface area (Å²) in [6.07, 6.45) is 2.47. The minimum atomic E-state index is -1.75. The van der Waals surface area contributed by atoms with Gasteiger partial charge in [0.05, 0.1) is 24.8 Å². The predicted octanol–water partition coefficient (Wildman–Crippen LogP) is 11.0. The zero-order valence-corrected chi connectivity index (χ0v) is 32.2. The minimum Gasteiger partial charge on any atom is -0.455 e. The smallest absolute Gasteiger partial charge is 0.364 e. The van der Waals surface area contributed by atoms with Crippen LogP contribution in [0.3, 0.4) is 0 Å². The molecule has 2 aliphatic heterocycles. The van der Waals surface area contributed by atoms with Crippen molar-refractivity contribution in [3.8, 4) is 28.3 Å². The van der Waals surface area contributed by atoms with E-state index in [1.54, 1.807) is 0 Å². The Morgan fingerprint density at radius 2 is 1.23 bits per heavy atom. The molecule has 7 aromatic carbocycles. The molecule has 56 heavy (non-hydrogen) atoms. The highest BCUT2D eigenvalue weighted by Crippen LogP contribution is 2.53. The van der Waals surface area contributed by atoms with Crippen LogP contribution in [0, 0.1) is 0 Å². The number of pyridine rings is 1. The number of furan rings is 2. The molecule has 0 aliphatic carbocycles. The van der Waals surface area contributed by atoms with Crippen molar-refractivity contribution in [2.24, 2.45) is 0 Å². The second-order valence-electron chi connectivity index (χ2n) is 16.5. The first-order chi connectivity index (χ1) is 27.4. The van der Waals surface area contributed by atoms with Gasteiger partial charge in [-0.2, -0.15) is 4.57 Å². The number of aromatic nitrogens is 3. The van der Waals surface area contributed by atoms with Gasteiger partial charge in [-0.25, -0.2) is 0 Å². The second kappa shape index (κ2) is 10.3. The average molecular weight is 738 g/mol. The number of benzene rings is 7. The van der Waals surface area contributed by atoms with Gasteiger partial charge >= 0.3 is 11.5 Å². The van der Waals surface area contributed by atoms with E-state index in [-0.39, 0.29) is 0 Å². The standard InChI is InChI=1S/C50H35N3O2Si/c1-56(2,3)32-23-26-40-37-17-6-9-19-38(37)50(51(40)29-32)39-25-24-36-34-16-8-11-22-45(34)55-48(36)46(39)49-52(42-27-30-13-4-5-14-31(30)28-43(42)53(49)50)41-20-12-18-35-33-15-7-10-21-44(33)54-47(35)41/h4-29H,1-3H3/q+2. The summed E-state index contributed by atoms with van der Waals surface area (Å²) in [4.78, 5) is 0. The highest BCUT2D eigenvalue weighted by Gasteiger charge is 2.67. The van der Waals surface area contributed by atoms with Gasteiger partial charge in [-0.1, -0.05) is 111 Å². The van der Waals surface area contributed by atoms with Crippen molar-refractivity contribution in [3.05, 3.63) is 169 Å². The predicted molar refractivity (Wildman–Crippen MR) is 228 cm³/mol. The fourth-order valence-electron chi connectivity index (χ4n) is 10.1. The van der Waals surface area contributed by atoms with E-state index in [0.29, 0.717) is 0 Å². The van der Waals surface area contributed by atoms with Crippen LogP contribution in [0.4, 0.5) is 0 Å². The molecular formula is C50H35N3O2Si+2. The fourth-order valence-corrected chi connectivity index (χ4v) is 11.2.